The SMILES string of the molecule is NNC(Cc1nc2ccccc2s1)c1ccc(F)cc1F. The number of benzene rings is 2. The summed E-state index contributed by atoms with van der Waals surface area (Å²) in [5.74, 6) is 4.30. The summed E-state index contributed by atoms with van der Waals surface area (Å²) in [4.78, 5) is 4.50. The first-order chi connectivity index (χ1) is 10.2. The molecule has 0 aliphatic carbocycles. The lowest BCUT2D eigenvalue weighted by Gasteiger charge is -2.15. The van der Waals surface area contributed by atoms with Crippen molar-refractivity contribution in [2.45, 2.75) is 12.5 Å². The predicted molar refractivity (Wildman–Crippen MR) is 79.7 cm³/mol. The monoisotopic (exact) mass is 305 g/mol. The third-order valence-corrected chi connectivity index (χ3v) is 4.31. The lowest BCUT2D eigenvalue weighted by Crippen LogP contribution is -2.30. The Labute approximate surface area is 124 Å². The van der Waals surface area contributed by atoms with Crippen molar-refractivity contribution in [1.82, 2.24) is 10.4 Å². The van der Waals surface area contributed by atoms with E-state index in [1.807, 2.05) is 24.3 Å². The van der Waals surface area contributed by atoms with Crippen molar-refractivity contribution in [1.29, 1.82) is 0 Å². The van der Waals surface area contributed by atoms with Crippen molar-refractivity contribution in [2.24, 2.45) is 5.84 Å². The second-order valence-electron chi connectivity index (χ2n) is 4.66. The van der Waals surface area contributed by atoms with E-state index in [1.54, 1.807) is 11.3 Å². The standard InChI is InChI=1S/C15H13F2N3S/c16-9-5-6-10(11(17)7-9)13(20-18)8-15-19-12-3-1-2-4-14(12)21-15/h1-7,13,20H,8,18H2. The fraction of sp³-hybridized carbons (Fsp3) is 0.133. The van der Waals surface area contributed by atoms with Crippen LogP contribution in [0.2, 0.25) is 0 Å². The van der Waals surface area contributed by atoms with Crippen LogP contribution in [0.15, 0.2) is 42.5 Å². The van der Waals surface area contributed by atoms with Gasteiger partial charge in [-0.1, -0.05) is 18.2 Å². The molecule has 108 valence electrons. The zero-order valence-electron chi connectivity index (χ0n) is 11.0. The maximum atomic E-state index is 13.8. The third-order valence-electron chi connectivity index (χ3n) is 3.26. The molecule has 1 heterocycles. The molecule has 3 nitrogen and oxygen atoms in total. The molecule has 0 aliphatic heterocycles. The molecule has 21 heavy (non-hydrogen) atoms. The molecule has 0 fully saturated rings. The summed E-state index contributed by atoms with van der Waals surface area (Å²) in [7, 11) is 0. The number of hydrogen-bond acceptors (Lipinski definition) is 4. The molecule has 2 aromatic carbocycles. The molecule has 1 aromatic heterocycles. The first kappa shape index (κ1) is 14.1. The molecular weight excluding hydrogens is 292 g/mol. The van der Waals surface area contributed by atoms with Gasteiger partial charge in [0.2, 0.25) is 0 Å². The molecule has 1 atom stereocenters. The fourth-order valence-electron chi connectivity index (χ4n) is 2.22. The molecule has 0 aliphatic rings. The Morgan fingerprint density at radius 1 is 1.19 bits per heavy atom. The number of para-hydroxylation sites is 1. The minimum Gasteiger partial charge on any atom is -0.271 e. The van der Waals surface area contributed by atoms with Crippen LogP contribution in [0.3, 0.4) is 0 Å². The topological polar surface area (TPSA) is 50.9 Å². The van der Waals surface area contributed by atoms with Crippen LogP contribution in [0.5, 0.6) is 0 Å². The normalized spacial score (nSPS) is 12.7. The van der Waals surface area contributed by atoms with Gasteiger partial charge in [-0.25, -0.2) is 13.8 Å². The second-order valence-corrected chi connectivity index (χ2v) is 5.78. The molecule has 0 saturated heterocycles. The van der Waals surface area contributed by atoms with E-state index in [2.05, 4.69) is 10.4 Å². The number of nitrogens with one attached hydrogen (secondary N) is 1. The summed E-state index contributed by atoms with van der Waals surface area (Å²) in [5, 5.41) is 0.850. The molecule has 0 spiro atoms. The van der Waals surface area contributed by atoms with Crippen molar-refractivity contribution in [2.75, 3.05) is 0 Å². The fourth-order valence-corrected chi connectivity index (χ4v) is 3.24. The number of halogens is 2. The maximum Gasteiger partial charge on any atom is 0.130 e. The number of thiazole rings is 1. The molecule has 6 heteroatoms. The van der Waals surface area contributed by atoms with E-state index < -0.39 is 17.7 Å². The predicted octanol–water partition coefficient (Wildman–Crippen LogP) is 3.32. The number of aromatic nitrogens is 1. The Morgan fingerprint density at radius 2 is 2.00 bits per heavy atom. The maximum absolute atomic E-state index is 13.8. The van der Waals surface area contributed by atoms with E-state index in [0.29, 0.717) is 12.0 Å². The Bertz CT molecular complexity index is 739. The largest absolute Gasteiger partial charge is 0.271 e. The molecular formula is C15H13F2N3S. The third kappa shape index (κ3) is 2.92. The van der Waals surface area contributed by atoms with Crippen LogP contribution in [-0.2, 0) is 6.42 Å². The highest BCUT2D eigenvalue weighted by Crippen LogP contribution is 2.27. The first-order valence-corrected chi connectivity index (χ1v) is 7.24. The van der Waals surface area contributed by atoms with E-state index in [9.17, 15) is 8.78 Å². The smallest absolute Gasteiger partial charge is 0.130 e. The Balaban J connectivity index is 1.90. The van der Waals surface area contributed by atoms with Gasteiger partial charge in [0.1, 0.15) is 11.6 Å². The van der Waals surface area contributed by atoms with Crippen molar-refractivity contribution in [3.8, 4) is 0 Å². The summed E-state index contributed by atoms with van der Waals surface area (Å²) >= 11 is 1.54. The van der Waals surface area contributed by atoms with Gasteiger partial charge in [-0.3, -0.25) is 11.3 Å². The summed E-state index contributed by atoms with van der Waals surface area (Å²) in [6.07, 6.45) is 0.443. The number of nitrogens with zero attached hydrogens (tertiary/aromatic N) is 1. The lowest BCUT2D eigenvalue weighted by molar-refractivity contribution is 0.502. The molecule has 0 amide bonds. The van der Waals surface area contributed by atoms with Crippen LogP contribution in [0.4, 0.5) is 8.78 Å². The van der Waals surface area contributed by atoms with Crippen LogP contribution >= 0.6 is 11.3 Å². The highest BCUT2D eigenvalue weighted by molar-refractivity contribution is 7.18. The quantitative estimate of drug-likeness (QED) is 0.574. The van der Waals surface area contributed by atoms with Gasteiger partial charge < -0.3 is 0 Å². The van der Waals surface area contributed by atoms with Crippen LogP contribution in [0.1, 0.15) is 16.6 Å². The van der Waals surface area contributed by atoms with E-state index >= 15 is 0 Å². The summed E-state index contributed by atoms with van der Waals surface area (Å²) in [6, 6.07) is 10.8. The molecule has 3 N–H and O–H groups in total. The molecule has 0 bridgehead atoms. The minimum atomic E-state index is -0.612. The lowest BCUT2D eigenvalue weighted by atomic mass is 10.0. The van der Waals surface area contributed by atoms with Gasteiger partial charge in [0.15, 0.2) is 0 Å². The number of fused-ring (bicyclic) bond motifs is 1. The van der Waals surface area contributed by atoms with Crippen LogP contribution in [0, 0.1) is 11.6 Å². The van der Waals surface area contributed by atoms with Gasteiger partial charge in [-0.15, -0.1) is 11.3 Å². The van der Waals surface area contributed by atoms with E-state index in [4.69, 9.17) is 5.84 Å². The van der Waals surface area contributed by atoms with Crippen molar-refractivity contribution in [3.63, 3.8) is 0 Å². The zero-order chi connectivity index (χ0) is 14.8. The highest BCUT2D eigenvalue weighted by Gasteiger charge is 2.17. The summed E-state index contributed by atoms with van der Waals surface area (Å²) in [6.45, 7) is 0. The number of hydrogen-bond donors (Lipinski definition) is 2. The molecule has 3 aromatic rings. The number of hydrazine groups is 1. The van der Waals surface area contributed by atoms with Gasteiger partial charge in [0.05, 0.1) is 21.3 Å². The Morgan fingerprint density at radius 3 is 2.71 bits per heavy atom. The van der Waals surface area contributed by atoms with Crippen LogP contribution in [0.25, 0.3) is 10.2 Å². The second kappa shape index (κ2) is 5.85. The summed E-state index contributed by atoms with van der Waals surface area (Å²) in [5.41, 5.74) is 3.82. The van der Waals surface area contributed by atoms with Crippen LogP contribution < -0.4 is 11.3 Å². The first-order valence-electron chi connectivity index (χ1n) is 6.43. The van der Waals surface area contributed by atoms with E-state index in [0.717, 1.165) is 21.3 Å². The van der Waals surface area contributed by atoms with Gasteiger partial charge in [0, 0.05) is 18.1 Å². The van der Waals surface area contributed by atoms with Gasteiger partial charge in [0.25, 0.3) is 0 Å². The molecule has 0 saturated carbocycles. The van der Waals surface area contributed by atoms with Gasteiger partial charge in [-0.05, 0) is 18.2 Å². The van der Waals surface area contributed by atoms with E-state index in [1.165, 1.54) is 12.1 Å². The Hall–Kier alpha value is -1.89. The zero-order valence-corrected chi connectivity index (χ0v) is 11.8. The van der Waals surface area contributed by atoms with Crippen molar-refractivity contribution >= 4 is 21.6 Å². The van der Waals surface area contributed by atoms with Gasteiger partial charge >= 0.3 is 0 Å². The van der Waals surface area contributed by atoms with Crippen molar-refractivity contribution < 1.29 is 8.78 Å². The Kier molecular flexibility index (Phi) is 3.92. The van der Waals surface area contributed by atoms with Crippen molar-refractivity contribution in [3.05, 3.63) is 64.7 Å². The molecule has 1 unspecified atom stereocenters. The average molecular weight is 305 g/mol. The molecule has 3 rings (SSSR count). The minimum absolute atomic E-state index is 0.332. The highest BCUT2D eigenvalue weighted by atomic mass is 32.1. The molecule has 0 radical (unpaired) electrons. The van der Waals surface area contributed by atoms with Crippen LogP contribution in [-0.4, -0.2) is 4.98 Å². The average Bonchev–Trinajstić information content (AvgIpc) is 2.87. The summed E-state index contributed by atoms with van der Waals surface area (Å²) < 4.78 is 27.9. The number of rotatable bonds is 4. The van der Waals surface area contributed by atoms with Gasteiger partial charge in [-0.2, -0.15) is 0 Å². The number of nitrogens with two attached hydrogens (primary N) is 1. The van der Waals surface area contributed by atoms with E-state index in [-0.39, 0.29) is 0 Å².